The van der Waals surface area contributed by atoms with Crippen LogP contribution in [0.4, 0.5) is 4.39 Å². The fourth-order valence-electron chi connectivity index (χ4n) is 3.23. The third kappa shape index (κ3) is 4.18. The number of carbonyl (C=O) groups excluding carboxylic acids is 1. The van der Waals surface area contributed by atoms with Crippen LogP contribution in [0.2, 0.25) is 0 Å². The smallest absolute Gasteiger partial charge is 0.264 e. The van der Waals surface area contributed by atoms with Crippen LogP contribution in [-0.4, -0.2) is 20.7 Å². The summed E-state index contributed by atoms with van der Waals surface area (Å²) in [4.78, 5) is 12.6. The zero-order valence-electron chi connectivity index (χ0n) is 16.1. The van der Waals surface area contributed by atoms with Gasteiger partial charge in [-0.05, 0) is 36.2 Å². The summed E-state index contributed by atoms with van der Waals surface area (Å²) in [5.74, 6) is 0.520. The summed E-state index contributed by atoms with van der Waals surface area (Å²) in [6.45, 7) is 2.48. The summed E-state index contributed by atoms with van der Waals surface area (Å²) in [7, 11) is 0. The van der Waals surface area contributed by atoms with Crippen molar-refractivity contribution in [3.05, 3.63) is 71.9 Å². The van der Waals surface area contributed by atoms with Crippen molar-refractivity contribution in [3.63, 3.8) is 0 Å². The molecule has 0 radical (unpaired) electrons. The number of aromatic nitrogens is 3. The summed E-state index contributed by atoms with van der Waals surface area (Å²) in [5, 5.41) is 12.1. The Hall–Kier alpha value is -3.48. The molecule has 0 saturated carbocycles. The molecule has 0 aliphatic heterocycles. The Bertz CT molecular complexity index is 1130. The van der Waals surface area contributed by atoms with E-state index in [1.807, 2.05) is 41.8 Å². The molecule has 0 atom stereocenters. The molecule has 1 N–H and O–H groups in total. The predicted molar refractivity (Wildman–Crippen MR) is 107 cm³/mol. The lowest BCUT2D eigenvalue weighted by atomic mass is 10.2. The average molecular weight is 392 g/mol. The van der Waals surface area contributed by atoms with Gasteiger partial charge in [-0.25, -0.2) is 4.39 Å². The van der Waals surface area contributed by atoms with Gasteiger partial charge in [0.15, 0.2) is 0 Å². The Morgan fingerprint density at radius 1 is 1.14 bits per heavy atom. The molecule has 148 valence electrons. The maximum absolute atomic E-state index is 13.0. The maximum atomic E-state index is 13.0. The lowest BCUT2D eigenvalue weighted by Crippen LogP contribution is -2.27. The molecule has 0 aliphatic rings. The number of benzene rings is 2. The highest BCUT2D eigenvalue weighted by atomic mass is 19.1. The first-order valence-electron chi connectivity index (χ1n) is 9.56. The number of amides is 1. The van der Waals surface area contributed by atoms with E-state index in [-0.39, 0.29) is 18.3 Å². The first-order chi connectivity index (χ1) is 14.1. The monoisotopic (exact) mass is 392 g/mol. The van der Waals surface area contributed by atoms with Gasteiger partial charge in [0.2, 0.25) is 11.8 Å². The fourth-order valence-corrected chi connectivity index (χ4v) is 3.23. The standard InChI is InChI=1S/C22H21FN4O2/c1-2-5-21-25-26-22(29-21)19-12-16-6-3-4-7-18(16)27(19)14-20(28)24-13-15-8-10-17(23)11-9-15/h3-4,6-12H,2,5,13-14H2,1H3,(H,24,28). The molecule has 29 heavy (non-hydrogen) atoms. The number of para-hydroxylation sites is 1. The maximum Gasteiger partial charge on any atom is 0.264 e. The van der Waals surface area contributed by atoms with E-state index in [1.165, 1.54) is 12.1 Å². The summed E-state index contributed by atoms with van der Waals surface area (Å²) in [6.07, 6.45) is 1.63. The Morgan fingerprint density at radius 3 is 2.72 bits per heavy atom. The van der Waals surface area contributed by atoms with Crippen molar-refractivity contribution in [2.75, 3.05) is 0 Å². The Morgan fingerprint density at radius 2 is 1.93 bits per heavy atom. The number of hydrogen-bond acceptors (Lipinski definition) is 4. The number of carbonyl (C=O) groups is 1. The third-order valence-electron chi connectivity index (χ3n) is 4.67. The zero-order valence-corrected chi connectivity index (χ0v) is 16.1. The van der Waals surface area contributed by atoms with Crippen LogP contribution in [0.15, 0.2) is 59.0 Å². The first kappa shape index (κ1) is 18.9. The normalized spacial score (nSPS) is 11.1. The van der Waals surface area contributed by atoms with E-state index in [4.69, 9.17) is 4.42 Å². The molecule has 2 heterocycles. The highest BCUT2D eigenvalue weighted by molar-refractivity contribution is 5.88. The van der Waals surface area contributed by atoms with Gasteiger partial charge < -0.3 is 14.3 Å². The van der Waals surface area contributed by atoms with E-state index in [0.717, 1.165) is 22.9 Å². The van der Waals surface area contributed by atoms with Crippen LogP contribution in [0, 0.1) is 5.82 Å². The molecule has 7 heteroatoms. The number of fused-ring (bicyclic) bond motifs is 1. The number of aryl methyl sites for hydroxylation is 1. The molecule has 0 spiro atoms. The van der Waals surface area contributed by atoms with Gasteiger partial charge in [0.1, 0.15) is 18.1 Å². The minimum absolute atomic E-state index is 0.107. The van der Waals surface area contributed by atoms with Crippen LogP contribution in [-0.2, 0) is 24.3 Å². The number of hydrogen-bond donors (Lipinski definition) is 1. The van der Waals surface area contributed by atoms with Gasteiger partial charge >= 0.3 is 0 Å². The van der Waals surface area contributed by atoms with Gasteiger partial charge in [-0.15, -0.1) is 10.2 Å². The second-order valence-corrected chi connectivity index (χ2v) is 6.83. The summed E-state index contributed by atoms with van der Waals surface area (Å²) in [6, 6.07) is 15.8. The summed E-state index contributed by atoms with van der Waals surface area (Å²) in [5.41, 5.74) is 2.45. The van der Waals surface area contributed by atoms with Crippen LogP contribution in [0.25, 0.3) is 22.5 Å². The fraction of sp³-hybridized carbons (Fsp3) is 0.227. The van der Waals surface area contributed by atoms with E-state index in [9.17, 15) is 9.18 Å². The van der Waals surface area contributed by atoms with Crippen LogP contribution < -0.4 is 5.32 Å². The quantitative estimate of drug-likeness (QED) is 0.514. The largest absolute Gasteiger partial charge is 0.419 e. The highest BCUT2D eigenvalue weighted by Gasteiger charge is 2.18. The summed E-state index contributed by atoms with van der Waals surface area (Å²) < 4.78 is 20.7. The number of halogens is 1. The predicted octanol–water partition coefficient (Wildman–Crippen LogP) is 4.10. The Kier molecular flexibility index (Phi) is 5.37. The van der Waals surface area contributed by atoms with Crippen molar-refractivity contribution in [2.24, 2.45) is 0 Å². The SMILES string of the molecule is CCCc1nnc(-c2cc3ccccc3n2CC(=O)NCc2ccc(F)cc2)o1. The molecule has 0 unspecified atom stereocenters. The lowest BCUT2D eigenvalue weighted by molar-refractivity contribution is -0.121. The molecule has 2 aromatic carbocycles. The van der Waals surface area contributed by atoms with Crippen molar-refractivity contribution in [2.45, 2.75) is 32.9 Å². The van der Waals surface area contributed by atoms with Gasteiger partial charge in [0.25, 0.3) is 5.89 Å². The lowest BCUT2D eigenvalue weighted by Gasteiger charge is -2.10. The van der Waals surface area contributed by atoms with Gasteiger partial charge in [0.05, 0.1) is 0 Å². The molecule has 0 fully saturated rings. The van der Waals surface area contributed by atoms with Crippen molar-refractivity contribution in [1.29, 1.82) is 0 Å². The second kappa shape index (κ2) is 8.26. The average Bonchev–Trinajstić information content (AvgIpc) is 3.33. The molecule has 1 amide bonds. The molecule has 0 bridgehead atoms. The van der Waals surface area contributed by atoms with Gasteiger partial charge in [0, 0.05) is 23.9 Å². The van der Waals surface area contributed by atoms with E-state index < -0.39 is 0 Å². The molecule has 0 aliphatic carbocycles. The van der Waals surface area contributed by atoms with Crippen LogP contribution in [0.5, 0.6) is 0 Å². The van der Waals surface area contributed by atoms with Gasteiger partial charge in [-0.1, -0.05) is 37.3 Å². The molecule has 0 saturated heterocycles. The van der Waals surface area contributed by atoms with E-state index in [1.54, 1.807) is 12.1 Å². The van der Waals surface area contributed by atoms with Crippen molar-refractivity contribution in [3.8, 4) is 11.6 Å². The first-order valence-corrected chi connectivity index (χ1v) is 9.56. The zero-order chi connectivity index (χ0) is 20.2. The van der Waals surface area contributed by atoms with Crippen molar-refractivity contribution in [1.82, 2.24) is 20.1 Å². The molecule has 4 rings (SSSR count). The van der Waals surface area contributed by atoms with Crippen molar-refractivity contribution >= 4 is 16.8 Å². The molecular formula is C22H21FN4O2. The third-order valence-corrected chi connectivity index (χ3v) is 4.67. The van der Waals surface area contributed by atoms with E-state index in [0.29, 0.717) is 30.4 Å². The van der Waals surface area contributed by atoms with E-state index in [2.05, 4.69) is 15.5 Å². The Labute approximate surface area is 167 Å². The van der Waals surface area contributed by atoms with Crippen LogP contribution in [0.1, 0.15) is 24.8 Å². The van der Waals surface area contributed by atoms with Crippen molar-refractivity contribution < 1.29 is 13.6 Å². The van der Waals surface area contributed by atoms with Crippen LogP contribution >= 0.6 is 0 Å². The number of nitrogens with one attached hydrogen (secondary N) is 1. The minimum Gasteiger partial charge on any atom is -0.419 e. The molecule has 2 aromatic heterocycles. The number of nitrogens with zero attached hydrogens (tertiary/aromatic N) is 3. The molecule has 6 nitrogen and oxygen atoms in total. The Balaban J connectivity index is 1.58. The van der Waals surface area contributed by atoms with Gasteiger partial charge in [-0.2, -0.15) is 0 Å². The van der Waals surface area contributed by atoms with Gasteiger partial charge in [-0.3, -0.25) is 4.79 Å². The topological polar surface area (TPSA) is 73.0 Å². The minimum atomic E-state index is -0.300. The van der Waals surface area contributed by atoms with E-state index >= 15 is 0 Å². The summed E-state index contributed by atoms with van der Waals surface area (Å²) >= 11 is 0. The number of rotatable bonds is 7. The molecule has 4 aromatic rings. The highest BCUT2D eigenvalue weighted by Crippen LogP contribution is 2.27. The molecular weight excluding hydrogens is 371 g/mol. The van der Waals surface area contributed by atoms with Crippen LogP contribution in [0.3, 0.4) is 0 Å². The second-order valence-electron chi connectivity index (χ2n) is 6.83.